The van der Waals surface area contributed by atoms with Crippen molar-refractivity contribution >= 4 is 23.6 Å². The molecule has 4 N–H and O–H groups in total. The molecule has 0 saturated carbocycles. The molecule has 6 heteroatoms. The van der Waals surface area contributed by atoms with Gasteiger partial charge in [0.1, 0.15) is 6.04 Å². The molecule has 0 aromatic carbocycles. The van der Waals surface area contributed by atoms with Crippen LogP contribution >= 0.6 is 11.8 Å². The fraction of sp³-hybridized carbons (Fsp3) is 0.818. The molecule has 0 aliphatic heterocycles. The second-order valence-electron chi connectivity index (χ2n) is 4.26. The quantitative estimate of drug-likeness (QED) is 0.598. The minimum Gasteiger partial charge on any atom is -0.480 e. The molecule has 0 aliphatic rings. The summed E-state index contributed by atoms with van der Waals surface area (Å²) in [5.74, 6) is -0.582. The summed E-state index contributed by atoms with van der Waals surface area (Å²) in [6, 6.07) is -0.827. The smallest absolute Gasteiger partial charge is 0.326 e. The van der Waals surface area contributed by atoms with Gasteiger partial charge < -0.3 is 16.2 Å². The second kappa shape index (κ2) is 7.55. The number of carbonyl (C=O) groups is 2. The van der Waals surface area contributed by atoms with Gasteiger partial charge in [0.05, 0.1) is 5.41 Å². The number of carboxylic acids is 1. The van der Waals surface area contributed by atoms with E-state index in [1.807, 2.05) is 13.2 Å². The number of carboxylic acid groups (broad SMARTS) is 1. The minimum absolute atomic E-state index is 0.213. The van der Waals surface area contributed by atoms with Crippen molar-refractivity contribution in [3.05, 3.63) is 0 Å². The van der Waals surface area contributed by atoms with E-state index in [1.54, 1.807) is 18.7 Å². The lowest BCUT2D eigenvalue weighted by Crippen LogP contribution is -2.50. The summed E-state index contributed by atoms with van der Waals surface area (Å²) in [5.41, 5.74) is 4.87. The SMILES string of the molecule is CCC(C)(CN)C(=O)NC(CCSC)C(=O)O. The van der Waals surface area contributed by atoms with Crippen molar-refractivity contribution in [2.45, 2.75) is 32.7 Å². The van der Waals surface area contributed by atoms with Crippen molar-refractivity contribution in [2.24, 2.45) is 11.1 Å². The first-order valence-corrected chi connectivity index (χ1v) is 7.03. The van der Waals surface area contributed by atoms with Crippen LogP contribution in [0.5, 0.6) is 0 Å². The molecule has 0 saturated heterocycles. The van der Waals surface area contributed by atoms with Crippen molar-refractivity contribution in [2.75, 3.05) is 18.6 Å². The summed E-state index contributed by atoms with van der Waals surface area (Å²) in [4.78, 5) is 22.9. The van der Waals surface area contributed by atoms with Crippen molar-refractivity contribution in [1.29, 1.82) is 0 Å². The van der Waals surface area contributed by atoms with Gasteiger partial charge in [-0.25, -0.2) is 4.79 Å². The molecule has 0 spiro atoms. The highest BCUT2D eigenvalue weighted by molar-refractivity contribution is 7.98. The van der Waals surface area contributed by atoms with E-state index in [1.165, 1.54) is 0 Å². The van der Waals surface area contributed by atoms with Gasteiger partial charge in [0, 0.05) is 6.54 Å². The van der Waals surface area contributed by atoms with Crippen LogP contribution in [0.15, 0.2) is 0 Å². The number of nitrogens with one attached hydrogen (secondary N) is 1. The Bertz CT molecular complexity index is 267. The van der Waals surface area contributed by atoms with Crippen LogP contribution in [0.1, 0.15) is 26.7 Å². The maximum absolute atomic E-state index is 11.9. The standard InChI is InChI=1S/C11H22N2O3S/c1-4-11(2,7-12)10(16)13-8(9(14)15)5-6-17-3/h8H,4-7,12H2,1-3H3,(H,13,16)(H,14,15). The highest BCUT2D eigenvalue weighted by Crippen LogP contribution is 2.19. The van der Waals surface area contributed by atoms with Crippen LogP contribution in [0.2, 0.25) is 0 Å². The summed E-state index contributed by atoms with van der Waals surface area (Å²) in [5, 5.41) is 11.6. The molecular weight excluding hydrogens is 240 g/mol. The van der Waals surface area contributed by atoms with E-state index in [-0.39, 0.29) is 12.5 Å². The number of aliphatic carboxylic acids is 1. The molecule has 0 aromatic heterocycles. The van der Waals surface area contributed by atoms with E-state index in [0.717, 1.165) is 0 Å². The van der Waals surface area contributed by atoms with Crippen LogP contribution in [-0.4, -0.2) is 41.6 Å². The van der Waals surface area contributed by atoms with Crippen molar-refractivity contribution in [3.8, 4) is 0 Å². The maximum atomic E-state index is 11.9. The maximum Gasteiger partial charge on any atom is 0.326 e. The number of hydrogen-bond acceptors (Lipinski definition) is 4. The van der Waals surface area contributed by atoms with Crippen molar-refractivity contribution in [1.82, 2.24) is 5.32 Å². The van der Waals surface area contributed by atoms with Crippen LogP contribution in [0.25, 0.3) is 0 Å². The first-order valence-electron chi connectivity index (χ1n) is 5.64. The van der Waals surface area contributed by atoms with E-state index in [9.17, 15) is 9.59 Å². The van der Waals surface area contributed by atoms with Gasteiger partial charge in [-0.05, 0) is 31.8 Å². The highest BCUT2D eigenvalue weighted by Gasteiger charge is 2.32. The molecule has 1 amide bonds. The molecule has 2 atom stereocenters. The van der Waals surface area contributed by atoms with Gasteiger partial charge in [-0.3, -0.25) is 4.79 Å². The van der Waals surface area contributed by atoms with Crippen LogP contribution in [0.3, 0.4) is 0 Å². The van der Waals surface area contributed by atoms with E-state index in [4.69, 9.17) is 10.8 Å². The number of rotatable bonds is 8. The number of carbonyl (C=O) groups excluding carboxylic acids is 1. The van der Waals surface area contributed by atoms with E-state index in [2.05, 4.69) is 5.32 Å². The van der Waals surface area contributed by atoms with Gasteiger partial charge >= 0.3 is 5.97 Å². The summed E-state index contributed by atoms with van der Waals surface area (Å²) in [7, 11) is 0. The van der Waals surface area contributed by atoms with Gasteiger partial charge in [0.15, 0.2) is 0 Å². The Morgan fingerprint density at radius 2 is 2.12 bits per heavy atom. The Labute approximate surface area is 107 Å². The summed E-state index contributed by atoms with van der Waals surface area (Å²) in [6.07, 6.45) is 2.91. The molecule has 0 heterocycles. The van der Waals surface area contributed by atoms with E-state index >= 15 is 0 Å². The Morgan fingerprint density at radius 3 is 2.47 bits per heavy atom. The van der Waals surface area contributed by atoms with Crippen molar-refractivity contribution in [3.63, 3.8) is 0 Å². The van der Waals surface area contributed by atoms with E-state index < -0.39 is 17.4 Å². The number of hydrogen-bond donors (Lipinski definition) is 3. The Kier molecular flexibility index (Phi) is 7.22. The van der Waals surface area contributed by atoms with E-state index in [0.29, 0.717) is 18.6 Å². The normalized spacial score (nSPS) is 16.0. The molecule has 5 nitrogen and oxygen atoms in total. The molecule has 0 bridgehead atoms. The van der Waals surface area contributed by atoms with Gasteiger partial charge in [0.25, 0.3) is 0 Å². The number of nitrogens with two attached hydrogens (primary N) is 1. The molecule has 0 aliphatic carbocycles. The van der Waals surface area contributed by atoms with Crippen LogP contribution < -0.4 is 11.1 Å². The van der Waals surface area contributed by atoms with Gasteiger partial charge in [-0.1, -0.05) is 6.92 Å². The van der Waals surface area contributed by atoms with Crippen molar-refractivity contribution < 1.29 is 14.7 Å². The van der Waals surface area contributed by atoms with Gasteiger partial charge in [-0.2, -0.15) is 11.8 Å². The highest BCUT2D eigenvalue weighted by atomic mass is 32.2. The number of thioether (sulfide) groups is 1. The molecule has 17 heavy (non-hydrogen) atoms. The lowest BCUT2D eigenvalue weighted by atomic mass is 9.86. The molecule has 0 aromatic rings. The van der Waals surface area contributed by atoms with Crippen LogP contribution in [0.4, 0.5) is 0 Å². The zero-order chi connectivity index (χ0) is 13.5. The molecule has 0 fully saturated rings. The summed E-state index contributed by atoms with van der Waals surface area (Å²) in [6.45, 7) is 3.82. The van der Waals surface area contributed by atoms with Gasteiger partial charge in [-0.15, -0.1) is 0 Å². The zero-order valence-corrected chi connectivity index (χ0v) is 11.5. The summed E-state index contributed by atoms with van der Waals surface area (Å²) < 4.78 is 0. The van der Waals surface area contributed by atoms with Crippen LogP contribution in [0, 0.1) is 5.41 Å². The minimum atomic E-state index is -0.997. The molecular formula is C11H22N2O3S. The Balaban J connectivity index is 4.54. The third kappa shape index (κ3) is 4.95. The first-order chi connectivity index (χ1) is 7.91. The Morgan fingerprint density at radius 1 is 1.53 bits per heavy atom. The third-order valence-electron chi connectivity index (χ3n) is 2.99. The third-order valence-corrected chi connectivity index (χ3v) is 3.64. The summed E-state index contributed by atoms with van der Waals surface area (Å²) >= 11 is 1.55. The second-order valence-corrected chi connectivity index (χ2v) is 5.25. The average molecular weight is 262 g/mol. The largest absolute Gasteiger partial charge is 0.480 e. The molecule has 0 rings (SSSR count). The lowest BCUT2D eigenvalue weighted by Gasteiger charge is -2.27. The first kappa shape index (κ1) is 16.2. The molecule has 0 radical (unpaired) electrons. The fourth-order valence-electron chi connectivity index (χ4n) is 1.22. The monoisotopic (exact) mass is 262 g/mol. The predicted octanol–water partition coefficient (Wildman–Crippen LogP) is 0.684. The fourth-order valence-corrected chi connectivity index (χ4v) is 1.69. The topological polar surface area (TPSA) is 92.4 Å². The van der Waals surface area contributed by atoms with Gasteiger partial charge in [0.2, 0.25) is 5.91 Å². The lowest BCUT2D eigenvalue weighted by molar-refractivity contribution is -0.143. The van der Waals surface area contributed by atoms with Crippen LogP contribution in [-0.2, 0) is 9.59 Å². The number of amides is 1. The zero-order valence-electron chi connectivity index (χ0n) is 10.7. The Hall–Kier alpha value is -0.750. The average Bonchev–Trinajstić information content (AvgIpc) is 2.32. The molecule has 2 unspecified atom stereocenters. The molecule has 100 valence electrons. The predicted molar refractivity (Wildman–Crippen MR) is 70.0 cm³/mol.